The van der Waals surface area contributed by atoms with Crippen LogP contribution in [-0.2, 0) is 0 Å². The lowest BCUT2D eigenvalue weighted by Crippen LogP contribution is -2.38. The summed E-state index contributed by atoms with van der Waals surface area (Å²) in [5.74, 6) is 0. The van der Waals surface area contributed by atoms with Gasteiger partial charge in [-0.3, -0.25) is 4.90 Å². The van der Waals surface area contributed by atoms with Crippen LogP contribution in [0.2, 0.25) is 0 Å². The van der Waals surface area contributed by atoms with E-state index in [0.717, 1.165) is 6.04 Å². The first-order chi connectivity index (χ1) is 5.47. The first-order valence-corrected chi connectivity index (χ1v) is 4.86. The first-order valence-electron chi connectivity index (χ1n) is 4.86. The van der Waals surface area contributed by atoms with E-state index in [4.69, 9.17) is 0 Å². The van der Waals surface area contributed by atoms with Crippen LogP contribution >= 0.6 is 0 Å². The third kappa shape index (κ3) is 1.64. The van der Waals surface area contributed by atoms with Crippen molar-refractivity contribution in [2.24, 2.45) is 0 Å². The molecule has 1 fully saturated rings. The second-order valence-electron chi connectivity index (χ2n) is 3.69. The van der Waals surface area contributed by atoms with Crippen LogP contribution in [-0.4, -0.2) is 24.0 Å². The van der Waals surface area contributed by atoms with Crippen LogP contribution in [0.4, 0.5) is 0 Å². The van der Waals surface area contributed by atoms with Crippen molar-refractivity contribution >= 4 is 0 Å². The third-order valence-corrected chi connectivity index (χ3v) is 2.92. The Labute approximate surface area is 69.1 Å². The van der Waals surface area contributed by atoms with Crippen molar-refractivity contribution in [1.82, 2.24) is 4.90 Å². The minimum absolute atomic E-state index is 0.916. The Hall–Kier alpha value is -0.300. The smallest absolute Gasteiger partial charge is 0.0166 e. The lowest BCUT2D eigenvalue weighted by atomic mass is 9.99. The van der Waals surface area contributed by atoms with Gasteiger partial charge in [0.05, 0.1) is 0 Å². The molecule has 0 N–H and O–H groups in total. The summed E-state index contributed by atoms with van der Waals surface area (Å²) in [5.41, 5.74) is 0. The number of hydrogen-bond donors (Lipinski definition) is 0. The number of rotatable bonds is 0. The zero-order valence-electron chi connectivity index (χ0n) is 7.13. The van der Waals surface area contributed by atoms with Crippen LogP contribution in [0, 0.1) is 0 Å². The molecule has 0 aromatic heterocycles. The molecule has 0 spiro atoms. The monoisotopic (exact) mass is 151 g/mol. The van der Waals surface area contributed by atoms with Gasteiger partial charge in [0.25, 0.3) is 0 Å². The Morgan fingerprint density at radius 3 is 3.09 bits per heavy atom. The van der Waals surface area contributed by atoms with E-state index in [1.54, 1.807) is 0 Å². The minimum atomic E-state index is 0.916. The summed E-state index contributed by atoms with van der Waals surface area (Å²) in [6.07, 6.45) is 11.7. The van der Waals surface area contributed by atoms with Gasteiger partial charge in [-0.05, 0) is 32.2 Å². The second-order valence-corrected chi connectivity index (χ2v) is 3.69. The Kier molecular flexibility index (Phi) is 2.27. The fourth-order valence-electron chi connectivity index (χ4n) is 2.24. The molecule has 1 unspecified atom stereocenters. The summed E-state index contributed by atoms with van der Waals surface area (Å²) in [7, 11) is 0. The highest BCUT2D eigenvalue weighted by Crippen LogP contribution is 2.22. The van der Waals surface area contributed by atoms with E-state index in [0.29, 0.717) is 0 Å². The topological polar surface area (TPSA) is 3.24 Å². The second kappa shape index (κ2) is 3.40. The van der Waals surface area contributed by atoms with Gasteiger partial charge in [-0.2, -0.15) is 0 Å². The van der Waals surface area contributed by atoms with Gasteiger partial charge >= 0.3 is 0 Å². The molecule has 1 saturated heterocycles. The number of allylic oxidation sites excluding steroid dienone is 1. The molecule has 62 valence electrons. The fraction of sp³-hybridized carbons (Fsp3) is 0.800. The highest BCUT2D eigenvalue weighted by Gasteiger charge is 2.21. The van der Waals surface area contributed by atoms with Gasteiger partial charge in [-0.25, -0.2) is 0 Å². The summed E-state index contributed by atoms with van der Waals surface area (Å²) >= 11 is 0. The molecule has 0 aliphatic carbocycles. The van der Waals surface area contributed by atoms with Crippen molar-refractivity contribution in [3.8, 4) is 0 Å². The predicted octanol–water partition coefficient (Wildman–Crippen LogP) is 2.19. The summed E-state index contributed by atoms with van der Waals surface area (Å²) in [6, 6.07) is 0.916. The van der Waals surface area contributed by atoms with Crippen LogP contribution in [0.15, 0.2) is 12.2 Å². The van der Waals surface area contributed by atoms with E-state index >= 15 is 0 Å². The Balaban J connectivity index is 1.98. The maximum Gasteiger partial charge on any atom is 0.0166 e. The summed E-state index contributed by atoms with van der Waals surface area (Å²) < 4.78 is 0. The highest BCUT2D eigenvalue weighted by atomic mass is 15.2. The maximum atomic E-state index is 2.65. The van der Waals surface area contributed by atoms with Gasteiger partial charge in [0.15, 0.2) is 0 Å². The molecule has 11 heavy (non-hydrogen) atoms. The average Bonchev–Trinajstić information content (AvgIpc) is 2.28. The molecule has 1 atom stereocenters. The minimum Gasteiger partial charge on any atom is -0.297 e. The molecule has 0 bridgehead atoms. The standard InChI is InChI=1S/C10H17N/c1-2-6-10-7-3-5-9-11(10)8-4-1/h1,4,10H,2-3,5-9H2. The number of piperidine rings is 1. The molecule has 0 aromatic rings. The van der Waals surface area contributed by atoms with Gasteiger partial charge in [0, 0.05) is 12.6 Å². The van der Waals surface area contributed by atoms with Crippen LogP contribution in [0.5, 0.6) is 0 Å². The van der Waals surface area contributed by atoms with Crippen LogP contribution in [0.1, 0.15) is 32.1 Å². The van der Waals surface area contributed by atoms with Gasteiger partial charge in [-0.1, -0.05) is 18.6 Å². The lowest BCUT2D eigenvalue weighted by molar-refractivity contribution is 0.161. The van der Waals surface area contributed by atoms with Crippen molar-refractivity contribution in [3.63, 3.8) is 0 Å². The van der Waals surface area contributed by atoms with E-state index in [9.17, 15) is 0 Å². The van der Waals surface area contributed by atoms with Crippen LogP contribution < -0.4 is 0 Å². The van der Waals surface area contributed by atoms with Gasteiger partial charge < -0.3 is 0 Å². The molecule has 2 aliphatic heterocycles. The van der Waals surface area contributed by atoms with E-state index in [1.807, 2.05) is 0 Å². The normalized spacial score (nSPS) is 32.9. The number of fused-ring (bicyclic) bond motifs is 1. The number of hydrogen-bond acceptors (Lipinski definition) is 1. The molecule has 0 saturated carbocycles. The summed E-state index contributed by atoms with van der Waals surface area (Å²) in [4.78, 5) is 2.65. The van der Waals surface area contributed by atoms with E-state index < -0.39 is 0 Å². The first kappa shape index (κ1) is 7.35. The molecule has 1 nitrogen and oxygen atoms in total. The number of nitrogens with zero attached hydrogens (tertiary/aromatic N) is 1. The molecule has 0 radical (unpaired) electrons. The SMILES string of the molecule is C1=CCN2CCCCC2CC1. The van der Waals surface area contributed by atoms with E-state index in [-0.39, 0.29) is 0 Å². The molecule has 0 aromatic carbocycles. The van der Waals surface area contributed by atoms with Crippen molar-refractivity contribution in [1.29, 1.82) is 0 Å². The lowest BCUT2D eigenvalue weighted by Gasteiger charge is -2.33. The fourth-order valence-corrected chi connectivity index (χ4v) is 2.24. The van der Waals surface area contributed by atoms with Crippen molar-refractivity contribution < 1.29 is 0 Å². The zero-order chi connectivity index (χ0) is 7.52. The van der Waals surface area contributed by atoms with Crippen LogP contribution in [0.3, 0.4) is 0 Å². The average molecular weight is 151 g/mol. The van der Waals surface area contributed by atoms with Crippen molar-refractivity contribution in [2.75, 3.05) is 13.1 Å². The van der Waals surface area contributed by atoms with Gasteiger partial charge in [0.2, 0.25) is 0 Å². The van der Waals surface area contributed by atoms with Crippen molar-refractivity contribution in [2.45, 2.75) is 38.1 Å². The quantitative estimate of drug-likeness (QED) is 0.480. The highest BCUT2D eigenvalue weighted by molar-refractivity contribution is 4.93. The van der Waals surface area contributed by atoms with Crippen LogP contribution in [0.25, 0.3) is 0 Å². The summed E-state index contributed by atoms with van der Waals surface area (Å²) in [5, 5.41) is 0. The van der Waals surface area contributed by atoms with Crippen molar-refractivity contribution in [3.05, 3.63) is 12.2 Å². The molecule has 1 heteroatoms. The van der Waals surface area contributed by atoms with E-state index in [1.165, 1.54) is 45.2 Å². The maximum absolute atomic E-state index is 2.65. The Morgan fingerprint density at radius 2 is 2.09 bits per heavy atom. The largest absolute Gasteiger partial charge is 0.297 e. The molecular weight excluding hydrogens is 134 g/mol. The van der Waals surface area contributed by atoms with E-state index in [2.05, 4.69) is 17.1 Å². The molecule has 2 rings (SSSR count). The molecular formula is C10H17N. The third-order valence-electron chi connectivity index (χ3n) is 2.92. The Bertz CT molecular complexity index is 151. The molecule has 2 heterocycles. The molecule has 2 aliphatic rings. The van der Waals surface area contributed by atoms with Gasteiger partial charge in [-0.15, -0.1) is 0 Å². The van der Waals surface area contributed by atoms with Gasteiger partial charge in [0.1, 0.15) is 0 Å². The predicted molar refractivity (Wildman–Crippen MR) is 47.6 cm³/mol. The summed E-state index contributed by atoms with van der Waals surface area (Å²) in [6.45, 7) is 2.56. The molecule has 0 amide bonds. The Morgan fingerprint density at radius 1 is 1.09 bits per heavy atom. The zero-order valence-corrected chi connectivity index (χ0v) is 7.13.